The Morgan fingerprint density at radius 1 is 1.50 bits per heavy atom. The van der Waals surface area contributed by atoms with Gasteiger partial charge in [0.2, 0.25) is 0 Å². The molecule has 18 heavy (non-hydrogen) atoms. The molecule has 1 aromatic carbocycles. The number of rotatable bonds is 2. The molecule has 1 aliphatic rings. The second-order valence-corrected chi connectivity index (χ2v) is 4.48. The molecule has 1 amide bonds. The molecule has 4 nitrogen and oxygen atoms in total. The van der Waals surface area contributed by atoms with E-state index >= 15 is 0 Å². The first-order valence-corrected chi connectivity index (χ1v) is 6.45. The van der Waals surface area contributed by atoms with Gasteiger partial charge in [-0.1, -0.05) is 6.92 Å². The average molecular weight is 249 g/mol. The quantitative estimate of drug-likeness (QED) is 0.876. The summed E-state index contributed by atoms with van der Waals surface area (Å²) in [6.07, 6.45) is 2.40. The Morgan fingerprint density at radius 2 is 2.28 bits per heavy atom. The van der Waals surface area contributed by atoms with Crippen molar-refractivity contribution in [2.24, 2.45) is 0 Å². The second-order valence-electron chi connectivity index (χ2n) is 4.48. The maximum Gasteiger partial charge on any atom is 0.414 e. The van der Waals surface area contributed by atoms with Crippen molar-refractivity contribution in [3.8, 4) is 5.75 Å². The molecule has 4 heteroatoms. The molecular weight excluding hydrogens is 230 g/mol. The number of ether oxygens (including phenoxy) is 1. The van der Waals surface area contributed by atoms with Crippen molar-refractivity contribution < 1.29 is 14.6 Å². The van der Waals surface area contributed by atoms with Crippen LogP contribution in [0, 0.1) is 0 Å². The number of hydrogen-bond acceptors (Lipinski definition) is 3. The minimum absolute atomic E-state index is 0.182. The van der Waals surface area contributed by atoms with Crippen LogP contribution in [0.15, 0.2) is 18.2 Å². The molecule has 0 bridgehead atoms. The van der Waals surface area contributed by atoms with Gasteiger partial charge in [-0.2, -0.15) is 0 Å². The number of carbonyl (C=O) groups excluding carboxylic acids is 1. The van der Waals surface area contributed by atoms with E-state index in [2.05, 4.69) is 6.92 Å². The third kappa shape index (κ3) is 2.28. The largest absolute Gasteiger partial charge is 0.508 e. The van der Waals surface area contributed by atoms with Crippen LogP contribution >= 0.6 is 0 Å². The number of phenols is 1. The van der Waals surface area contributed by atoms with Gasteiger partial charge in [-0.15, -0.1) is 0 Å². The van der Waals surface area contributed by atoms with Crippen molar-refractivity contribution in [2.75, 3.05) is 11.5 Å². The van der Waals surface area contributed by atoms with Crippen LogP contribution in [0.2, 0.25) is 0 Å². The van der Waals surface area contributed by atoms with Crippen LogP contribution < -0.4 is 4.90 Å². The zero-order chi connectivity index (χ0) is 13.1. The number of phenolic OH excluding ortho intramolecular Hbond substituents is 1. The molecule has 0 fully saturated rings. The van der Waals surface area contributed by atoms with Crippen LogP contribution in [0.3, 0.4) is 0 Å². The fraction of sp³-hybridized carbons (Fsp3) is 0.500. The number of hydrogen-bond donors (Lipinski definition) is 1. The molecule has 1 N–H and O–H groups in total. The van der Waals surface area contributed by atoms with E-state index < -0.39 is 0 Å². The lowest BCUT2D eigenvalue weighted by molar-refractivity contribution is 0.156. The first kappa shape index (κ1) is 12.7. The number of amides is 1. The highest BCUT2D eigenvalue weighted by Crippen LogP contribution is 2.34. The predicted molar refractivity (Wildman–Crippen MR) is 70.0 cm³/mol. The molecule has 1 atom stereocenters. The molecule has 0 aliphatic carbocycles. The topological polar surface area (TPSA) is 49.8 Å². The lowest BCUT2D eigenvalue weighted by Gasteiger charge is -2.35. The number of anilines is 1. The van der Waals surface area contributed by atoms with Gasteiger partial charge in [0.15, 0.2) is 0 Å². The van der Waals surface area contributed by atoms with E-state index in [1.54, 1.807) is 30.0 Å². The van der Waals surface area contributed by atoms with Crippen LogP contribution in [-0.2, 0) is 11.2 Å². The predicted octanol–water partition coefficient (Wildman–Crippen LogP) is 3.08. The van der Waals surface area contributed by atoms with Crippen LogP contribution in [0.1, 0.15) is 32.3 Å². The highest BCUT2D eigenvalue weighted by atomic mass is 16.6. The number of aromatic hydroxyl groups is 1. The van der Waals surface area contributed by atoms with Gasteiger partial charge < -0.3 is 9.84 Å². The Balaban J connectivity index is 2.37. The molecular formula is C14H19NO3. The zero-order valence-electron chi connectivity index (χ0n) is 10.8. The van der Waals surface area contributed by atoms with E-state index in [9.17, 15) is 9.90 Å². The summed E-state index contributed by atoms with van der Waals surface area (Å²) in [7, 11) is 0. The molecule has 1 aliphatic heterocycles. The van der Waals surface area contributed by atoms with Gasteiger partial charge >= 0.3 is 6.09 Å². The molecule has 0 radical (unpaired) electrons. The average Bonchev–Trinajstić information content (AvgIpc) is 2.37. The fourth-order valence-corrected chi connectivity index (χ4v) is 2.48. The standard InChI is InChI=1S/C14H19NO3/c1-3-11-6-5-10-9-12(16)7-8-13(10)15(11)14(17)18-4-2/h7-9,11,16H,3-6H2,1-2H3. The third-order valence-corrected chi connectivity index (χ3v) is 3.37. The Hall–Kier alpha value is -1.71. The molecule has 1 unspecified atom stereocenters. The van der Waals surface area contributed by atoms with Crippen molar-refractivity contribution >= 4 is 11.8 Å². The normalized spacial score (nSPS) is 18.3. The summed E-state index contributed by atoms with van der Waals surface area (Å²) < 4.78 is 5.13. The monoisotopic (exact) mass is 249 g/mol. The highest BCUT2D eigenvalue weighted by Gasteiger charge is 2.30. The summed E-state index contributed by atoms with van der Waals surface area (Å²) in [6, 6.07) is 5.32. The van der Waals surface area contributed by atoms with Gasteiger partial charge in [0.05, 0.1) is 12.3 Å². The van der Waals surface area contributed by atoms with Crippen LogP contribution in [-0.4, -0.2) is 23.8 Å². The smallest absolute Gasteiger partial charge is 0.414 e. The maximum absolute atomic E-state index is 12.1. The van der Waals surface area contributed by atoms with Crippen LogP contribution in [0.25, 0.3) is 0 Å². The van der Waals surface area contributed by atoms with Crippen LogP contribution in [0.5, 0.6) is 5.75 Å². The SMILES string of the molecule is CCOC(=O)N1c2ccc(O)cc2CCC1CC. The first-order valence-electron chi connectivity index (χ1n) is 6.45. The van der Waals surface area contributed by atoms with Crippen molar-refractivity contribution in [2.45, 2.75) is 39.2 Å². The Morgan fingerprint density at radius 3 is 2.94 bits per heavy atom. The summed E-state index contributed by atoms with van der Waals surface area (Å²) in [5.74, 6) is 0.243. The molecule has 0 aromatic heterocycles. The number of carbonyl (C=O) groups is 1. The molecule has 98 valence electrons. The second kappa shape index (κ2) is 5.29. The van der Waals surface area contributed by atoms with E-state index in [1.165, 1.54) is 0 Å². The van der Waals surface area contributed by atoms with Crippen LogP contribution in [0.4, 0.5) is 10.5 Å². The Bertz CT molecular complexity index is 445. The Labute approximate surface area is 107 Å². The van der Waals surface area contributed by atoms with Gasteiger partial charge in [-0.05, 0) is 49.9 Å². The highest BCUT2D eigenvalue weighted by molar-refractivity contribution is 5.90. The van der Waals surface area contributed by atoms with E-state index in [0.29, 0.717) is 6.61 Å². The summed E-state index contributed by atoms with van der Waals surface area (Å²) in [5, 5.41) is 9.50. The summed E-state index contributed by atoms with van der Waals surface area (Å²) in [4.78, 5) is 13.8. The lowest BCUT2D eigenvalue weighted by Crippen LogP contribution is -2.43. The summed E-state index contributed by atoms with van der Waals surface area (Å²) >= 11 is 0. The van der Waals surface area contributed by atoms with Gasteiger partial charge in [0.25, 0.3) is 0 Å². The van der Waals surface area contributed by atoms with Crippen molar-refractivity contribution in [1.82, 2.24) is 0 Å². The van der Waals surface area contributed by atoms with E-state index in [4.69, 9.17) is 4.74 Å². The molecule has 2 rings (SSSR count). The van der Waals surface area contributed by atoms with E-state index in [1.807, 2.05) is 0 Å². The molecule has 0 spiro atoms. The van der Waals surface area contributed by atoms with Gasteiger partial charge in [0, 0.05) is 6.04 Å². The molecule has 0 saturated carbocycles. The minimum Gasteiger partial charge on any atom is -0.508 e. The molecule has 1 aromatic rings. The van der Waals surface area contributed by atoms with Gasteiger partial charge in [-0.3, -0.25) is 4.90 Å². The van der Waals surface area contributed by atoms with E-state index in [0.717, 1.165) is 30.5 Å². The van der Waals surface area contributed by atoms with E-state index in [-0.39, 0.29) is 17.9 Å². The number of fused-ring (bicyclic) bond motifs is 1. The fourth-order valence-electron chi connectivity index (χ4n) is 2.48. The summed E-state index contributed by atoms with van der Waals surface area (Å²) in [6.45, 7) is 4.25. The third-order valence-electron chi connectivity index (χ3n) is 3.37. The first-order chi connectivity index (χ1) is 8.67. The number of benzene rings is 1. The minimum atomic E-state index is -0.295. The van der Waals surface area contributed by atoms with Crippen molar-refractivity contribution in [3.63, 3.8) is 0 Å². The maximum atomic E-state index is 12.1. The number of aryl methyl sites for hydroxylation is 1. The van der Waals surface area contributed by atoms with Crippen molar-refractivity contribution in [3.05, 3.63) is 23.8 Å². The summed E-state index contributed by atoms with van der Waals surface area (Å²) in [5.41, 5.74) is 1.87. The molecule has 1 heterocycles. The van der Waals surface area contributed by atoms with Gasteiger partial charge in [-0.25, -0.2) is 4.79 Å². The number of nitrogens with zero attached hydrogens (tertiary/aromatic N) is 1. The molecule has 0 saturated heterocycles. The Kier molecular flexibility index (Phi) is 3.75. The van der Waals surface area contributed by atoms with Gasteiger partial charge in [0.1, 0.15) is 5.75 Å². The zero-order valence-corrected chi connectivity index (χ0v) is 10.8. The lowest BCUT2D eigenvalue weighted by atomic mass is 9.94. The van der Waals surface area contributed by atoms with Crippen molar-refractivity contribution in [1.29, 1.82) is 0 Å².